The molecule has 4 nitrogen and oxygen atoms in total. The lowest BCUT2D eigenvalue weighted by Gasteiger charge is -2.04. The maximum Gasteiger partial charge on any atom is 0.336 e. The van der Waals surface area contributed by atoms with Crippen LogP contribution in [0.2, 0.25) is 0 Å². The normalized spacial score (nSPS) is 9.07. The lowest BCUT2D eigenvalue weighted by molar-refractivity contribution is -0.111. The molecule has 0 atom stereocenters. The Bertz CT molecular complexity index is 462. The molecule has 5 heteroatoms. The van der Waals surface area contributed by atoms with Crippen molar-refractivity contribution in [3.8, 4) is 12.3 Å². The van der Waals surface area contributed by atoms with Gasteiger partial charge in [0.15, 0.2) is 0 Å². The SMILES string of the molecule is C#CC(=O)Nc1ccc(Br)c(C(=O)O)c1. The number of anilines is 1. The second-order valence-corrected chi connectivity index (χ2v) is 3.45. The number of hydrogen-bond acceptors (Lipinski definition) is 2. The van der Waals surface area contributed by atoms with Crippen LogP contribution in [0.3, 0.4) is 0 Å². The maximum absolute atomic E-state index is 10.8. The van der Waals surface area contributed by atoms with Crippen molar-refractivity contribution < 1.29 is 14.7 Å². The Balaban J connectivity index is 3.04. The Kier molecular flexibility index (Phi) is 3.47. The minimum Gasteiger partial charge on any atom is -0.478 e. The van der Waals surface area contributed by atoms with Crippen molar-refractivity contribution in [1.82, 2.24) is 0 Å². The van der Waals surface area contributed by atoms with E-state index in [1.54, 1.807) is 6.07 Å². The van der Waals surface area contributed by atoms with E-state index in [1.807, 2.05) is 5.92 Å². The lowest BCUT2D eigenvalue weighted by Crippen LogP contribution is -2.09. The van der Waals surface area contributed by atoms with Crippen molar-refractivity contribution in [2.75, 3.05) is 5.32 Å². The number of carboxylic acid groups (broad SMARTS) is 1. The molecule has 0 radical (unpaired) electrons. The van der Waals surface area contributed by atoms with Gasteiger partial charge in [-0.25, -0.2) is 4.79 Å². The van der Waals surface area contributed by atoms with Crippen LogP contribution >= 0.6 is 15.9 Å². The van der Waals surface area contributed by atoms with Crippen LogP contribution in [0.5, 0.6) is 0 Å². The quantitative estimate of drug-likeness (QED) is 0.802. The number of terminal acetylenes is 1. The smallest absolute Gasteiger partial charge is 0.336 e. The molecule has 0 aromatic heterocycles. The second kappa shape index (κ2) is 4.62. The minimum atomic E-state index is -1.08. The van der Waals surface area contributed by atoms with Crippen LogP contribution < -0.4 is 5.32 Å². The molecule has 1 aromatic carbocycles. The third kappa shape index (κ3) is 2.82. The van der Waals surface area contributed by atoms with Crippen LogP contribution in [0.15, 0.2) is 22.7 Å². The molecule has 0 aliphatic carbocycles. The topological polar surface area (TPSA) is 66.4 Å². The molecule has 1 rings (SSSR count). The number of carbonyl (C=O) groups excluding carboxylic acids is 1. The summed E-state index contributed by atoms with van der Waals surface area (Å²) in [5.74, 6) is 0.166. The molecule has 2 N–H and O–H groups in total. The molecule has 0 aliphatic heterocycles. The number of carbonyl (C=O) groups is 2. The molecule has 0 spiro atoms. The van der Waals surface area contributed by atoms with Gasteiger partial charge in [0.05, 0.1) is 5.56 Å². The number of rotatable bonds is 2. The zero-order valence-electron chi connectivity index (χ0n) is 7.45. The molecule has 1 amide bonds. The van der Waals surface area contributed by atoms with Crippen molar-refractivity contribution in [1.29, 1.82) is 0 Å². The summed E-state index contributed by atoms with van der Waals surface area (Å²) in [5, 5.41) is 11.2. The van der Waals surface area contributed by atoms with E-state index in [-0.39, 0.29) is 5.56 Å². The molecule has 0 bridgehead atoms. The summed E-state index contributed by atoms with van der Waals surface area (Å²) in [4.78, 5) is 21.6. The van der Waals surface area contributed by atoms with E-state index in [9.17, 15) is 9.59 Å². The average Bonchev–Trinajstić information content (AvgIpc) is 2.20. The number of hydrogen-bond donors (Lipinski definition) is 2. The van der Waals surface area contributed by atoms with Gasteiger partial charge in [-0.3, -0.25) is 4.79 Å². The number of benzene rings is 1. The highest BCUT2D eigenvalue weighted by Crippen LogP contribution is 2.20. The van der Waals surface area contributed by atoms with Crippen LogP contribution in [-0.4, -0.2) is 17.0 Å². The Morgan fingerprint density at radius 2 is 2.13 bits per heavy atom. The molecule has 15 heavy (non-hydrogen) atoms. The molecule has 0 heterocycles. The van der Waals surface area contributed by atoms with Gasteiger partial charge in [-0.05, 0) is 40.0 Å². The third-order valence-electron chi connectivity index (χ3n) is 1.59. The van der Waals surface area contributed by atoms with E-state index in [4.69, 9.17) is 11.5 Å². The van der Waals surface area contributed by atoms with E-state index in [2.05, 4.69) is 21.2 Å². The monoisotopic (exact) mass is 267 g/mol. The highest BCUT2D eigenvalue weighted by Gasteiger charge is 2.09. The first kappa shape index (κ1) is 11.3. The first-order valence-electron chi connectivity index (χ1n) is 3.85. The first-order chi connectivity index (χ1) is 7.04. The van der Waals surface area contributed by atoms with E-state index in [0.717, 1.165) is 0 Å². The van der Waals surface area contributed by atoms with Gasteiger partial charge in [0.2, 0.25) is 0 Å². The van der Waals surface area contributed by atoms with Crippen LogP contribution in [0.1, 0.15) is 10.4 Å². The van der Waals surface area contributed by atoms with Crippen LogP contribution in [0.25, 0.3) is 0 Å². The van der Waals surface area contributed by atoms with Crippen molar-refractivity contribution in [3.05, 3.63) is 28.2 Å². The molecule has 0 saturated heterocycles. The Morgan fingerprint density at radius 1 is 1.47 bits per heavy atom. The fourth-order valence-electron chi connectivity index (χ4n) is 0.934. The summed E-state index contributed by atoms with van der Waals surface area (Å²) in [6.07, 6.45) is 4.86. The molecule has 0 unspecified atom stereocenters. The van der Waals surface area contributed by atoms with E-state index in [1.165, 1.54) is 12.1 Å². The number of carboxylic acids is 1. The predicted octanol–water partition coefficient (Wildman–Crippen LogP) is 1.72. The van der Waals surface area contributed by atoms with E-state index >= 15 is 0 Å². The summed E-state index contributed by atoms with van der Waals surface area (Å²) >= 11 is 3.08. The molecular weight excluding hydrogens is 262 g/mol. The zero-order chi connectivity index (χ0) is 11.4. The largest absolute Gasteiger partial charge is 0.478 e. The van der Waals surface area contributed by atoms with Gasteiger partial charge in [0, 0.05) is 10.2 Å². The van der Waals surface area contributed by atoms with Crippen LogP contribution in [0, 0.1) is 12.3 Å². The van der Waals surface area contributed by atoms with Gasteiger partial charge in [-0.2, -0.15) is 0 Å². The summed E-state index contributed by atoms with van der Waals surface area (Å²) in [6, 6.07) is 4.39. The van der Waals surface area contributed by atoms with Crippen molar-refractivity contribution in [2.24, 2.45) is 0 Å². The average molecular weight is 268 g/mol. The second-order valence-electron chi connectivity index (χ2n) is 2.60. The highest BCUT2D eigenvalue weighted by molar-refractivity contribution is 9.10. The summed E-state index contributed by atoms with van der Waals surface area (Å²) in [5.41, 5.74) is 0.406. The van der Waals surface area contributed by atoms with Gasteiger partial charge in [-0.1, -0.05) is 0 Å². The highest BCUT2D eigenvalue weighted by atomic mass is 79.9. The van der Waals surface area contributed by atoms with Crippen molar-refractivity contribution >= 4 is 33.5 Å². The number of nitrogens with one attached hydrogen (secondary N) is 1. The summed E-state index contributed by atoms with van der Waals surface area (Å²) in [7, 11) is 0. The Labute approximate surface area is 94.4 Å². The Hall–Kier alpha value is -1.80. The minimum absolute atomic E-state index is 0.0600. The first-order valence-corrected chi connectivity index (χ1v) is 4.64. The van der Waals surface area contributed by atoms with Crippen molar-refractivity contribution in [2.45, 2.75) is 0 Å². The maximum atomic E-state index is 10.8. The summed E-state index contributed by atoms with van der Waals surface area (Å²) < 4.78 is 0.439. The molecule has 0 fully saturated rings. The molecule has 0 saturated carbocycles. The molecule has 1 aromatic rings. The summed E-state index contributed by atoms with van der Waals surface area (Å²) in [6.45, 7) is 0. The van der Waals surface area contributed by atoms with Crippen molar-refractivity contribution in [3.63, 3.8) is 0 Å². The zero-order valence-corrected chi connectivity index (χ0v) is 9.04. The predicted molar refractivity (Wildman–Crippen MR) is 58.6 cm³/mol. The lowest BCUT2D eigenvalue weighted by atomic mass is 10.2. The van der Waals surface area contributed by atoms with Gasteiger partial charge in [0.25, 0.3) is 5.91 Å². The van der Waals surface area contributed by atoms with Gasteiger partial charge in [0.1, 0.15) is 0 Å². The number of aromatic carboxylic acids is 1. The fourth-order valence-corrected chi connectivity index (χ4v) is 1.35. The molecular formula is C10H6BrNO3. The van der Waals surface area contributed by atoms with Gasteiger partial charge >= 0.3 is 5.97 Å². The Morgan fingerprint density at radius 3 is 2.67 bits per heavy atom. The molecule has 76 valence electrons. The van der Waals surface area contributed by atoms with Crippen LogP contribution in [-0.2, 0) is 4.79 Å². The van der Waals surface area contributed by atoms with Gasteiger partial charge in [-0.15, -0.1) is 6.42 Å². The van der Waals surface area contributed by atoms with Gasteiger partial charge < -0.3 is 10.4 Å². The number of amides is 1. The molecule has 0 aliphatic rings. The standard InChI is InChI=1S/C10H6BrNO3/c1-2-9(13)12-6-3-4-8(11)7(5-6)10(14)15/h1,3-5H,(H,12,13)(H,14,15). The van der Waals surface area contributed by atoms with E-state index in [0.29, 0.717) is 10.2 Å². The number of halogens is 1. The third-order valence-corrected chi connectivity index (χ3v) is 2.28. The fraction of sp³-hybridized carbons (Fsp3) is 0. The van der Waals surface area contributed by atoms with E-state index < -0.39 is 11.9 Å². The van der Waals surface area contributed by atoms with Crippen LogP contribution in [0.4, 0.5) is 5.69 Å².